The van der Waals surface area contributed by atoms with Gasteiger partial charge in [-0.05, 0) is 43.2 Å². The minimum absolute atomic E-state index is 0.0687. The smallest absolute Gasteiger partial charge is 0.256 e. The lowest BCUT2D eigenvalue weighted by Gasteiger charge is -2.63. The molecule has 0 bridgehead atoms. The Morgan fingerprint density at radius 1 is 0.963 bits per heavy atom. The van der Waals surface area contributed by atoms with Gasteiger partial charge < -0.3 is 10.1 Å². The van der Waals surface area contributed by atoms with Gasteiger partial charge in [-0.3, -0.25) is 14.5 Å². The van der Waals surface area contributed by atoms with Crippen molar-refractivity contribution in [3.8, 4) is 5.75 Å². The topological polar surface area (TPSA) is 58.6 Å². The van der Waals surface area contributed by atoms with E-state index in [2.05, 4.69) is 5.32 Å². The summed E-state index contributed by atoms with van der Waals surface area (Å²) in [5.74, 6) is 0.713. The molecule has 1 N–H and O–H groups in total. The third-order valence-electron chi connectivity index (χ3n) is 6.57. The number of para-hydroxylation sites is 1. The standard InChI is InChI=1S/C22H22N2O3/c1-27-16-11-9-15(10-12-16)24-20(26)21(13-5-2-6-14-21)22(24)17-7-3-4-8-18(17)23-19(22)25/h3-4,7-12H,2,5-6,13-14H2,1H3,(H,23,25). The Kier molecular flexibility index (Phi) is 3.39. The highest BCUT2D eigenvalue weighted by atomic mass is 16.5. The zero-order chi connectivity index (χ0) is 18.6. The zero-order valence-electron chi connectivity index (χ0n) is 15.3. The van der Waals surface area contributed by atoms with E-state index >= 15 is 0 Å². The van der Waals surface area contributed by atoms with Crippen LogP contribution in [0.5, 0.6) is 5.75 Å². The molecule has 1 saturated heterocycles. The number of carbonyl (C=O) groups excluding carboxylic acids is 2. The maximum absolute atomic E-state index is 13.5. The number of carbonyl (C=O) groups is 2. The number of nitrogens with one attached hydrogen (secondary N) is 1. The number of rotatable bonds is 2. The largest absolute Gasteiger partial charge is 0.497 e. The molecule has 3 aliphatic rings. The molecule has 2 spiro atoms. The van der Waals surface area contributed by atoms with Crippen LogP contribution in [0, 0.1) is 5.41 Å². The van der Waals surface area contributed by atoms with E-state index in [4.69, 9.17) is 4.74 Å². The van der Waals surface area contributed by atoms with Gasteiger partial charge in [-0.1, -0.05) is 37.5 Å². The monoisotopic (exact) mass is 362 g/mol. The minimum Gasteiger partial charge on any atom is -0.497 e. The Hall–Kier alpha value is -2.82. The average molecular weight is 362 g/mol. The van der Waals surface area contributed by atoms with Crippen LogP contribution in [-0.4, -0.2) is 18.9 Å². The van der Waals surface area contributed by atoms with E-state index in [1.165, 1.54) is 0 Å². The first-order valence-corrected chi connectivity index (χ1v) is 9.55. The molecule has 5 rings (SSSR count). The second-order valence-corrected chi connectivity index (χ2v) is 7.69. The fraction of sp³-hybridized carbons (Fsp3) is 0.364. The van der Waals surface area contributed by atoms with E-state index in [9.17, 15) is 9.59 Å². The highest BCUT2D eigenvalue weighted by Gasteiger charge is 2.77. The Morgan fingerprint density at radius 3 is 2.37 bits per heavy atom. The SMILES string of the molecule is COc1ccc(N2C(=O)C3(CCCCC3)C23C(=O)Nc2ccccc23)cc1. The van der Waals surface area contributed by atoms with Crippen molar-refractivity contribution in [2.45, 2.75) is 37.6 Å². The van der Waals surface area contributed by atoms with Crippen LogP contribution in [0.3, 0.4) is 0 Å². The molecule has 2 aromatic rings. The van der Waals surface area contributed by atoms with Crippen LogP contribution in [0.1, 0.15) is 37.7 Å². The van der Waals surface area contributed by atoms with Crippen molar-refractivity contribution in [3.05, 3.63) is 54.1 Å². The Bertz CT molecular complexity index is 931. The molecule has 27 heavy (non-hydrogen) atoms. The van der Waals surface area contributed by atoms with E-state index in [-0.39, 0.29) is 11.8 Å². The van der Waals surface area contributed by atoms with Crippen molar-refractivity contribution >= 4 is 23.2 Å². The van der Waals surface area contributed by atoms with Gasteiger partial charge in [-0.25, -0.2) is 0 Å². The first-order valence-electron chi connectivity index (χ1n) is 9.55. The molecule has 2 amide bonds. The normalized spacial score (nSPS) is 25.3. The second-order valence-electron chi connectivity index (χ2n) is 7.69. The number of hydrogen-bond donors (Lipinski definition) is 1. The highest BCUT2D eigenvalue weighted by molar-refractivity contribution is 6.24. The summed E-state index contributed by atoms with van der Waals surface area (Å²) in [6, 6.07) is 15.2. The number of methoxy groups -OCH3 is 1. The first kappa shape index (κ1) is 16.4. The van der Waals surface area contributed by atoms with Crippen LogP contribution in [0.15, 0.2) is 48.5 Å². The van der Waals surface area contributed by atoms with Gasteiger partial charge in [-0.2, -0.15) is 0 Å². The van der Waals surface area contributed by atoms with Gasteiger partial charge in [0.25, 0.3) is 5.91 Å². The third kappa shape index (κ3) is 1.84. The molecule has 2 fully saturated rings. The summed E-state index contributed by atoms with van der Waals surface area (Å²) < 4.78 is 5.25. The number of anilines is 2. The van der Waals surface area contributed by atoms with E-state index in [0.29, 0.717) is 0 Å². The number of benzene rings is 2. The van der Waals surface area contributed by atoms with Crippen LogP contribution in [0.2, 0.25) is 0 Å². The fourth-order valence-electron chi connectivity index (χ4n) is 5.40. The van der Waals surface area contributed by atoms with Crippen molar-refractivity contribution in [2.24, 2.45) is 5.41 Å². The Labute approximate surface area is 158 Å². The second kappa shape index (κ2) is 5.59. The van der Waals surface area contributed by atoms with Gasteiger partial charge in [0.05, 0.1) is 12.5 Å². The van der Waals surface area contributed by atoms with Crippen molar-refractivity contribution in [3.63, 3.8) is 0 Å². The molecule has 138 valence electrons. The summed E-state index contributed by atoms with van der Waals surface area (Å²) in [5, 5.41) is 3.05. The highest BCUT2D eigenvalue weighted by Crippen LogP contribution is 2.66. The summed E-state index contributed by atoms with van der Waals surface area (Å²) in [7, 11) is 1.61. The van der Waals surface area contributed by atoms with Gasteiger partial charge in [-0.15, -0.1) is 0 Å². The lowest BCUT2D eigenvalue weighted by atomic mass is 9.51. The summed E-state index contributed by atoms with van der Waals surface area (Å²) in [5.41, 5.74) is 0.895. The van der Waals surface area contributed by atoms with Crippen LogP contribution in [-0.2, 0) is 15.1 Å². The molecule has 1 unspecified atom stereocenters. The molecule has 2 aliphatic heterocycles. The van der Waals surface area contributed by atoms with Gasteiger partial charge in [0.1, 0.15) is 5.75 Å². The van der Waals surface area contributed by atoms with Crippen molar-refractivity contribution in [1.29, 1.82) is 0 Å². The van der Waals surface area contributed by atoms with Crippen molar-refractivity contribution in [2.75, 3.05) is 17.3 Å². The molecule has 1 saturated carbocycles. The van der Waals surface area contributed by atoms with E-state index in [0.717, 1.165) is 54.8 Å². The van der Waals surface area contributed by atoms with Crippen LogP contribution in [0.25, 0.3) is 0 Å². The number of nitrogens with zero attached hydrogens (tertiary/aromatic N) is 1. The maximum atomic E-state index is 13.5. The van der Waals surface area contributed by atoms with E-state index in [1.54, 1.807) is 12.0 Å². The van der Waals surface area contributed by atoms with Crippen molar-refractivity contribution in [1.82, 2.24) is 0 Å². The lowest BCUT2D eigenvalue weighted by molar-refractivity contribution is -0.160. The van der Waals surface area contributed by atoms with Gasteiger partial charge in [0.2, 0.25) is 5.91 Å². The number of fused-ring (bicyclic) bond motifs is 3. The summed E-state index contributed by atoms with van der Waals surface area (Å²) in [6.45, 7) is 0. The third-order valence-corrected chi connectivity index (χ3v) is 6.57. The molecule has 0 radical (unpaired) electrons. The molecular formula is C22H22N2O3. The van der Waals surface area contributed by atoms with Gasteiger partial charge in [0, 0.05) is 16.9 Å². The summed E-state index contributed by atoms with van der Waals surface area (Å²) >= 11 is 0. The number of ether oxygens (including phenoxy) is 1. The molecule has 2 heterocycles. The molecule has 2 aromatic carbocycles. The molecular weight excluding hydrogens is 340 g/mol. The number of β-lactam (4-membered cyclic amide) rings is 1. The molecule has 0 aromatic heterocycles. The van der Waals surface area contributed by atoms with Crippen LogP contribution < -0.4 is 15.0 Å². The average Bonchev–Trinajstić information content (AvgIpc) is 3.03. The molecule has 1 aliphatic carbocycles. The molecule has 1 atom stereocenters. The first-order chi connectivity index (χ1) is 13.1. The lowest BCUT2D eigenvalue weighted by Crippen LogP contribution is -2.79. The van der Waals surface area contributed by atoms with Crippen LogP contribution in [0.4, 0.5) is 11.4 Å². The summed E-state index contributed by atoms with van der Waals surface area (Å²) in [4.78, 5) is 28.7. The summed E-state index contributed by atoms with van der Waals surface area (Å²) in [6.07, 6.45) is 4.62. The van der Waals surface area contributed by atoms with Crippen molar-refractivity contribution < 1.29 is 14.3 Å². The van der Waals surface area contributed by atoms with Crippen LogP contribution >= 0.6 is 0 Å². The van der Waals surface area contributed by atoms with E-state index < -0.39 is 11.0 Å². The minimum atomic E-state index is -0.949. The Balaban J connectivity index is 1.72. The van der Waals surface area contributed by atoms with Gasteiger partial charge >= 0.3 is 0 Å². The fourth-order valence-corrected chi connectivity index (χ4v) is 5.40. The zero-order valence-corrected chi connectivity index (χ0v) is 15.3. The quantitative estimate of drug-likeness (QED) is 0.826. The number of amides is 2. The molecule has 5 nitrogen and oxygen atoms in total. The maximum Gasteiger partial charge on any atom is 0.256 e. The predicted molar refractivity (Wildman–Crippen MR) is 103 cm³/mol. The number of hydrogen-bond acceptors (Lipinski definition) is 3. The predicted octanol–water partition coefficient (Wildman–Crippen LogP) is 3.84. The Morgan fingerprint density at radius 2 is 1.67 bits per heavy atom. The van der Waals surface area contributed by atoms with Gasteiger partial charge in [0.15, 0.2) is 5.54 Å². The van der Waals surface area contributed by atoms with E-state index in [1.807, 2.05) is 48.5 Å². The molecule has 5 heteroatoms.